The average molecular weight is 277 g/mol. The van der Waals surface area contributed by atoms with E-state index in [1.807, 2.05) is 0 Å². The number of hydrogen-bond acceptors (Lipinski definition) is 5. The van der Waals surface area contributed by atoms with Gasteiger partial charge in [0.05, 0.1) is 0 Å². The Labute approximate surface area is 120 Å². The molecule has 2 N–H and O–H groups in total. The largest absolute Gasteiger partial charge is 0.367 e. The van der Waals surface area contributed by atoms with Crippen molar-refractivity contribution in [2.75, 3.05) is 38.5 Å². The number of carbonyl (C=O) groups excluding carboxylic acids is 1. The van der Waals surface area contributed by atoms with Crippen LogP contribution in [0, 0.1) is 5.92 Å². The fourth-order valence-corrected chi connectivity index (χ4v) is 2.30. The summed E-state index contributed by atoms with van der Waals surface area (Å²) in [7, 11) is 1.58. The molecule has 6 heteroatoms. The highest BCUT2D eigenvalue weighted by Crippen LogP contribution is 2.15. The van der Waals surface area contributed by atoms with Crippen molar-refractivity contribution in [2.24, 2.45) is 5.92 Å². The Hall–Kier alpha value is -1.69. The number of anilines is 1. The molecule has 1 saturated heterocycles. The highest BCUT2D eigenvalue weighted by atomic mass is 16.1. The van der Waals surface area contributed by atoms with E-state index < -0.39 is 0 Å². The monoisotopic (exact) mass is 277 g/mol. The zero-order valence-electron chi connectivity index (χ0n) is 12.2. The quantitative estimate of drug-likeness (QED) is 0.839. The summed E-state index contributed by atoms with van der Waals surface area (Å²) in [6, 6.07) is 3.46. The number of hydrogen-bond donors (Lipinski definition) is 2. The summed E-state index contributed by atoms with van der Waals surface area (Å²) in [6.45, 7) is 6.56. The van der Waals surface area contributed by atoms with Gasteiger partial charge in [-0.3, -0.25) is 4.79 Å². The van der Waals surface area contributed by atoms with Crippen LogP contribution in [0.2, 0.25) is 0 Å². The first-order valence-corrected chi connectivity index (χ1v) is 7.21. The van der Waals surface area contributed by atoms with Crippen LogP contribution in [-0.2, 0) is 0 Å². The molecule has 0 bridgehead atoms. The Morgan fingerprint density at radius 3 is 2.70 bits per heavy atom. The second-order valence-corrected chi connectivity index (χ2v) is 5.33. The number of likely N-dealkylation sites (tertiary alicyclic amines) is 1. The fraction of sp³-hybridized carbons (Fsp3) is 0.643. The van der Waals surface area contributed by atoms with Gasteiger partial charge in [-0.25, -0.2) is 0 Å². The molecule has 0 aromatic carbocycles. The number of carbonyl (C=O) groups is 1. The first kappa shape index (κ1) is 14.7. The van der Waals surface area contributed by atoms with Gasteiger partial charge in [0.2, 0.25) is 0 Å². The zero-order valence-corrected chi connectivity index (χ0v) is 12.2. The predicted molar refractivity (Wildman–Crippen MR) is 78.7 cm³/mol. The minimum Gasteiger partial charge on any atom is -0.367 e. The Morgan fingerprint density at radius 1 is 1.35 bits per heavy atom. The van der Waals surface area contributed by atoms with Gasteiger partial charge in [0, 0.05) is 20.1 Å². The molecule has 1 aliphatic rings. The Balaban J connectivity index is 1.73. The molecule has 2 rings (SSSR count). The normalized spacial score (nSPS) is 16.9. The van der Waals surface area contributed by atoms with E-state index in [1.54, 1.807) is 19.2 Å². The molecular formula is C14H23N5O. The van der Waals surface area contributed by atoms with Crippen LogP contribution in [0.25, 0.3) is 0 Å². The lowest BCUT2D eigenvalue weighted by molar-refractivity contribution is 0.0957. The van der Waals surface area contributed by atoms with E-state index >= 15 is 0 Å². The second-order valence-electron chi connectivity index (χ2n) is 5.33. The van der Waals surface area contributed by atoms with Crippen LogP contribution in [-0.4, -0.2) is 54.2 Å². The molecule has 1 aromatic heterocycles. The van der Waals surface area contributed by atoms with Crippen molar-refractivity contribution in [2.45, 2.75) is 19.8 Å². The van der Waals surface area contributed by atoms with Gasteiger partial charge in [-0.15, -0.1) is 10.2 Å². The van der Waals surface area contributed by atoms with Crippen molar-refractivity contribution in [3.05, 3.63) is 17.8 Å². The minimum atomic E-state index is -0.216. The zero-order chi connectivity index (χ0) is 14.4. The van der Waals surface area contributed by atoms with Gasteiger partial charge < -0.3 is 15.5 Å². The van der Waals surface area contributed by atoms with Gasteiger partial charge in [0.15, 0.2) is 5.69 Å². The maximum atomic E-state index is 11.3. The van der Waals surface area contributed by atoms with Gasteiger partial charge in [0.25, 0.3) is 5.91 Å². The number of piperidine rings is 1. The van der Waals surface area contributed by atoms with Crippen LogP contribution in [0.1, 0.15) is 30.3 Å². The SMILES string of the molecule is CNC(=O)c1ccc(NCCN2CCC(C)CC2)nn1. The molecule has 20 heavy (non-hydrogen) atoms. The van der Waals surface area contributed by atoms with Crippen molar-refractivity contribution < 1.29 is 4.79 Å². The van der Waals surface area contributed by atoms with Crippen molar-refractivity contribution in [1.29, 1.82) is 0 Å². The van der Waals surface area contributed by atoms with Crippen molar-refractivity contribution in [3.8, 4) is 0 Å². The number of nitrogens with one attached hydrogen (secondary N) is 2. The van der Waals surface area contributed by atoms with E-state index in [4.69, 9.17) is 0 Å². The molecule has 2 heterocycles. The van der Waals surface area contributed by atoms with Crippen LogP contribution in [0.15, 0.2) is 12.1 Å². The maximum absolute atomic E-state index is 11.3. The molecule has 0 saturated carbocycles. The molecule has 1 aromatic rings. The van der Waals surface area contributed by atoms with Crippen LogP contribution in [0.5, 0.6) is 0 Å². The molecule has 0 unspecified atom stereocenters. The smallest absolute Gasteiger partial charge is 0.271 e. The summed E-state index contributed by atoms with van der Waals surface area (Å²) in [5, 5.41) is 13.7. The van der Waals surface area contributed by atoms with Gasteiger partial charge in [-0.2, -0.15) is 0 Å². The fourth-order valence-electron chi connectivity index (χ4n) is 2.30. The number of rotatable bonds is 5. The summed E-state index contributed by atoms with van der Waals surface area (Å²) in [5.41, 5.74) is 0.336. The molecule has 1 amide bonds. The van der Waals surface area contributed by atoms with Crippen LogP contribution in [0.3, 0.4) is 0 Å². The molecular weight excluding hydrogens is 254 g/mol. The number of nitrogens with zero attached hydrogens (tertiary/aromatic N) is 3. The van der Waals surface area contributed by atoms with Crippen molar-refractivity contribution in [1.82, 2.24) is 20.4 Å². The second kappa shape index (κ2) is 7.19. The van der Waals surface area contributed by atoms with E-state index in [0.29, 0.717) is 11.5 Å². The van der Waals surface area contributed by atoms with Gasteiger partial charge in [-0.1, -0.05) is 6.92 Å². The Kier molecular flexibility index (Phi) is 5.29. The summed E-state index contributed by atoms with van der Waals surface area (Å²) >= 11 is 0. The lowest BCUT2D eigenvalue weighted by atomic mass is 9.99. The third-order valence-corrected chi connectivity index (χ3v) is 3.73. The van der Waals surface area contributed by atoms with E-state index in [2.05, 4.69) is 32.7 Å². The lowest BCUT2D eigenvalue weighted by Gasteiger charge is -2.30. The molecule has 0 spiro atoms. The van der Waals surface area contributed by atoms with E-state index in [1.165, 1.54) is 25.9 Å². The maximum Gasteiger partial charge on any atom is 0.271 e. The molecule has 0 aliphatic carbocycles. The van der Waals surface area contributed by atoms with Gasteiger partial charge in [0.1, 0.15) is 5.82 Å². The molecule has 0 radical (unpaired) electrons. The van der Waals surface area contributed by atoms with E-state index in [-0.39, 0.29) is 5.91 Å². The van der Waals surface area contributed by atoms with Crippen LogP contribution >= 0.6 is 0 Å². The third kappa shape index (κ3) is 4.16. The third-order valence-electron chi connectivity index (χ3n) is 3.73. The minimum absolute atomic E-state index is 0.216. The molecule has 0 atom stereocenters. The summed E-state index contributed by atoms with van der Waals surface area (Å²) in [5.74, 6) is 1.36. The molecule has 1 aliphatic heterocycles. The van der Waals surface area contributed by atoms with Crippen LogP contribution < -0.4 is 10.6 Å². The first-order chi connectivity index (χ1) is 9.69. The van der Waals surface area contributed by atoms with E-state index in [9.17, 15) is 4.79 Å². The molecule has 6 nitrogen and oxygen atoms in total. The van der Waals surface area contributed by atoms with Gasteiger partial charge >= 0.3 is 0 Å². The average Bonchev–Trinajstić information content (AvgIpc) is 2.49. The number of amides is 1. The van der Waals surface area contributed by atoms with Crippen molar-refractivity contribution >= 4 is 11.7 Å². The highest BCUT2D eigenvalue weighted by molar-refractivity contribution is 5.91. The number of aromatic nitrogens is 2. The first-order valence-electron chi connectivity index (χ1n) is 7.21. The Bertz CT molecular complexity index is 426. The highest BCUT2D eigenvalue weighted by Gasteiger charge is 2.14. The topological polar surface area (TPSA) is 70.2 Å². The molecule has 1 fully saturated rings. The predicted octanol–water partition coefficient (Wildman–Crippen LogP) is 0.980. The van der Waals surface area contributed by atoms with E-state index in [0.717, 1.165) is 19.0 Å². The Morgan fingerprint density at radius 2 is 2.10 bits per heavy atom. The molecule has 110 valence electrons. The standard InChI is InChI=1S/C14H23N5O/c1-11-5-8-19(9-6-11)10-7-16-13-4-3-12(17-18-13)14(20)15-2/h3-4,11H,5-10H2,1-2H3,(H,15,20)(H,16,18). The lowest BCUT2D eigenvalue weighted by Crippen LogP contribution is -2.36. The summed E-state index contributed by atoms with van der Waals surface area (Å²) in [6.07, 6.45) is 2.58. The summed E-state index contributed by atoms with van der Waals surface area (Å²) < 4.78 is 0. The van der Waals surface area contributed by atoms with Gasteiger partial charge in [-0.05, 0) is 44.0 Å². The van der Waals surface area contributed by atoms with Crippen LogP contribution in [0.4, 0.5) is 5.82 Å². The summed E-state index contributed by atoms with van der Waals surface area (Å²) in [4.78, 5) is 13.8. The van der Waals surface area contributed by atoms with Crippen molar-refractivity contribution in [3.63, 3.8) is 0 Å².